The number of hydrogen-bond donors (Lipinski definition) is 2. The normalized spacial score (nSPS) is 17.0. The van der Waals surface area contributed by atoms with Gasteiger partial charge in [0, 0.05) is 20.1 Å². The molecule has 0 saturated heterocycles. The minimum absolute atomic E-state index is 0.0882. The molecule has 1 aliphatic rings. The third-order valence-corrected chi connectivity index (χ3v) is 2.32. The predicted octanol–water partition coefficient (Wildman–Crippen LogP) is -0.669. The fraction of sp³-hybridized carbons (Fsp3) is 0.800. The summed E-state index contributed by atoms with van der Waals surface area (Å²) in [7, 11) is 3.35. The number of likely N-dealkylation sites (N-methyl/N-ethyl adjacent to an activating group) is 1. The number of carbonyl (C=O) groups excluding carboxylic acids is 2. The van der Waals surface area contributed by atoms with Crippen LogP contribution in [0.2, 0.25) is 0 Å². The number of nitrogens with one attached hydrogen (secondary N) is 2. The number of carbonyl (C=O) groups is 2. The lowest BCUT2D eigenvalue weighted by molar-refractivity contribution is -0.133. The summed E-state index contributed by atoms with van der Waals surface area (Å²) in [5.74, 6) is -0.209. The van der Waals surface area contributed by atoms with E-state index in [9.17, 15) is 9.59 Å². The monoisotopic (exact) mass is 213 g/mol. The van der Waals surface area contributed by atoms with E-state index in [1.165, 1.54) is 4.90 Å². The number of amides is 2. The lowest BCUT2D eigenvalue weighted by atomic mass is 10.3. The van der Waals surface area contributed by atoms with Crippen molar-refractivity contribution in [1.82, 2.24) is 15.5 Å². The van der Waals surface area contributed by atoms with E-state index in [0.717, 1.165) is 12.8 Å². The number of hydrogen-bond acceptors (Lipinski definition) is 3. The highest BCUT2D eigenvalue weighted by molar-refractivity contribution is 5.87. The third kappa shape index (κ3) is 4.29. The summed E-state index contributed by atoms with van der Waals surface area (Å²) in [6.45, 7) is 1.99. The molecule has 0 radical (unpaired) electrons. The van der Waals surface area contributed by atoms with Crippen LogP contribution < -0.4 is 10.6 Å². The Balaban J connectivity index is 2.20. The molecule has 2 N–H and O–H groups in total. The highest BCUT2D eigenvalue weighted by Gasteiger charge is 2.22. The minimum Gasteiger partial charge on any atom is -0.347 e. The van der Waals surface area contributed by atoms with Gasteiger partial charge >= 0.3 is 0 Å². The summed E-state index contributed by atoms with van der Waals surface area (Å²) in [4.78, 5) is 24.3. The minimum atomic E-state index is -0.450. The van der Waals surface area contributed by atoms with Gasteiger partial charge in [-0.3, -0.25) is 9.59 Å². The third-order valence-electron chi connectivity index (χ3n) is 2.32. The average Bonchev–Trinajstić information content (AvgIpc) is 2.96. The van der Waals surface area contributed by atoms with E-state index in [2.05, 4.69) is 10.6 Å². The van der Waals surface area contributed by atoms with E-state index in [0.29, 0.717) is 12.6 Å². The van der Waals surface area contributed by atoms with Gasteiger partial charge in [0.1, 0.15) is 6.04 Å². The number of nitrogens with zero attached hydrogens (tertiary/aromatic N) is 1. The lowest BCUT2D eigenvalue weighted by Crippen LogP contribution is -2.47. The molecule has 0 aromatic heterocycles. The van der Waals surface area contributed by atoms with Gasteiger partial charge in [0.25, 0.3) is 0 Å². The molecule has 0 aromatic rings. The van der Waals surface area contributed by atoms with Crippen LogP contribution >= 0.6 is 0 Å². The molecule has 1 aliphatic carbocycles. The van der Waals surface area contributed by atoms with E-state index >= 15 is 0 Å². The second kappa shape index (κ2) is 5.11. The zero-order valence-corrected chi connectivity index (χ0v) is 9.54. The molecular formula is C10H19N3O2. The Bertz CT molecular complexity index is 249. The van der Waals surface area contributed by atoms with Crippen molar-refractivity contribution in [3.05, 3.63) is 0 Å². The first-order valence-corrected chi connectivity index (χ1v) is 5.24. The summed E-state index contributed by atoms with van der Waals surface area (Å²) in [6, 6.07) is 0.0594. The maximum atomic E-state index is 11.4. The van der Waals surface area contributed by atoms with Gasteiger partial charge in [-0.05, 0) is 19.8 Å². The van der Waals surface area contributed by atoms with Crippen molar-refractivity contribution in [3.8, 4) is 0 Å². The van der Waals surface area contributed by atoms with Crippen molar-refractivity contribution in [3.63, 3.8) is 0 Å². The first-order valence-electron chi connectivity index (χ1n) is 5.24. The molecule has 0 aromatic carbocycles. The van der Waals surface area contributed by atoms with Crippen LogP contribution in [0.5, 0.6) is 0 Å². The molecule has 0 spiro atoms. The Kier molecular flexibility index (Phi) is 4.08. The second-order valence-corrected chi connectivity index (χ2v) is 4.18. The predicted molar refractivity (Wildman–Crippen MR) is 57.3 cm³/mol. The Hall–Kier alpha value is -1.10. The van der Waals surface area contributed by atoms with Gasteiger partial charge in [-0.15, -0.1) is 0 Å². The topological polar surface area (TPSA) is 61.4 Å². The number of rotatable bonds is 5. The Morgan fingerprint density at radius 2 is 2.00 bits per heavy atom. The molecule has 5 heteroatoms. The van der Waals surface area contributed by atoms with Gasteiger partial charge in [0.15, 0.2) is 0 Å². The van der Waals surface area contributed by atoms with Gasteiger partial charge in [-0.2, -0.15) is 0 Å². The molecule has 15 heavy (non-hydrogen) atoms. The Morgan fingerprint density at radius 1 is 1.40 bits per heavy atom. The van der Waals surface area contributed by atoms with Crippen LogP contribution in [0.1, 0.15) is 19.8 Å². The summed E-state index contributed by atoms with van der Waals surface area (Å²) in [5.41, 5.74) is 0. The van der Waals surface area contributed by atoms with E-state index in [-0.39, 0.29) is 11.8 Å². The summed E-state index contributed by atoms with van der Waals surface area (Å²) in [5, 5.41) is 5.74. The Labute approximate surface area is 90.2 Å². The van der Waals surface area contributed by atoms with Gasteiger partial charge in [0.05, 0.1) is 6.54 Å². The van der Waals surface area contributed by atoms with Crippen molar-refractivity contribution >= 4 is 11.8 Å². The maximum absolute atomic E-state index is 11.4. The van der Waals surface area contributed by atoms with Gasteiger partial charge in [0.2, 0.25) is 11.8 Å². The molecule has 1 fully saturated rings. The zero-order valence-electron chi connectivity index (χ0n) is 9.54. The van der Waals surface area contributed by atoms with Crippen molar-refractivity contribution in [2.24, 2.45) is 0 Å². The molecule has 86 valence electrons. The van der Waals surface area contributed by atoms with Crippen molar-refractivity contribution in [2.45, 2.75) is 31.8 Å². The van der Waals surface area contributed by atoms with Crippen molar-refractivity contribution < 1.29 is 9.59 Å². The van der Waals surface area contributed by atoms with Crippen LogP contribution in [0.25, 0.3) is 0 Å². The molecule has 0 aliphatic heterocycles. The van der Waals surface area contributed by atoms with Crippen LogP contribution in [0, 0.1) is 0 Å². The summed E-state index contributed by atoms with van der Waals surface area (Å²) in [6.07, 6.45) is 2.30. The van der Waals surface area contributed by atoms with E-state index in [1.807, 2.05) is 0 Å². The van der Waals surface area contributed by atoms with Crippen LogP contribution in [0.3, 0.4) is 0 Å². The molecule has 1 atom stereocenters. The van der Waals surface area contributed by atoms with Gasteiger partial charge < -0.3 is 15.5 Å². The summed E-state index contributed by atoms with van der Waals surface area (Å²) >= 11 is 0. The molecule has 0 bridgehead atoms. The molecule has 5 nitrogen and oxygen atoms in total. The molecule has 1 saturated carbocycles. The van der Waals surface area contributed by atoms with Crippen LogP contribution in [0.15, 0.2) is 0 Å². The fourth-order valence-corrected chi connectivity index (χ4v) is 1.27. The lowest BCUT2D eigenvalue weighted by Gasteiger charge is -2.18. The van der Waals surface area contributed by atoms with E-state index in [4.69, 9.17) is 0 Å². The van der Waals surface area contributed by atoms with Crippen LogP contribution in [-0.4, -0.2) is 49.4 Å². The molecule has 1 rings (SSSR count). The quantitative estimate of drug-likeness (QED) is 0.637. The van der Waals surface area contributed by atoms with Crippen LogP contribution in [-0.2, 0) is 9.59 Å². The zero-order chi connectivity index (χ0) is 11.4. The first kappa shape index (κ1) is 12.0. The molecule has 1 unspecified atom stereocenters. The smallest absolute Gasteiger partial charge is 0.244 e. The molecular weight excluding hydrogens is 194 g/mol. The second-order valence-electron chi connectivity index (χ2n) is 4.18. The van der Waals surface area contributed by atoms with Crippen LogP contribution in [0.4, 0.5) is 0 Å². The average molecular weight is 213 g/mol. The van der Waals surface area contributed by atoms with E-state index in [1.54, 1.807) is 21.0 Å². The Morgan fingerprint density at radius 3 is 2.47 bits per heavy atom. The van der Waals surface area contributed by atoms with Gasteiger partial charge in [-0.25, -0.2) is 0 Å². The first-order chi connectivity index (χ1) is 7.00. The highest BCUT2D eigenvalue weighted by Crippen LogP contribution is 2.17. The highest BCUT2D eigenvalue weighted by atomic mass is 16.2. The SMILES string of the molecule is CC(NC(=O)CNC1CC1)C(=O)N(C)C. The summed E-state index contributed by atoms with van der Waals surface area (Å²) < 4.78 is 0. The fourth-order valence-electron chi connectivity index (χ4n) is 1.27. The molecule has 0 heterocycles. The maximum Gasteiger partial charge on any atom is 0.244 e. The van der Waals surface area contributed by atoms with Crippen molar-refractivity contribution in [1.29, 1.82) is 0 Å². The van der Waals surface area contributed by atoms with Gasteiger partial charge in [-0.1, -0.05) is 0 Å². The largest absolute Gasteiger partial charge is 0.347 e. The standard InChI is InChI=1S/C10H19N3O2/c1-7(10(15)13(2)3)12-9(14)6-11-8-4-5-8/h7-8,11H,4-6H2,1-3H3,(H,12,14). The van der Waals surface area contributed by atoms with Crippen molar-refractivity contribution in [2.75, 3.05) is 20.6 Å². The molecule has 2 amide bonds. The van der Waals surface area contributed by atoms with E-state index < -0.39 is 6.04 Å².